The minimum absolute atomic E-state index is 0.799. The number of nitrogens with one attached hydrogen (secondary N) is 2. The molecule has 1 aromatic carbocycles. The molecule has 1 aliphatic rings. The van der Waals surface area contributed by atoms with Gasteiger partial charge in [-0.1, -0.05) is 6.92 Å². The highest BCUT2D eigenvalue weighted by Crippen LogP contribution is 2.27. The summed E-state index contributed by atoms with van der Waals surface area (Å²) < 4.78 is 10.7. The topological polar surface area (TPSA) is 27.3 Å². The van der Waals surface area contributed by atoms with Gasteiger partial charge in [0.05, 0.1) is 20.3 Å². The zero-order chi connectivity index (χ0) is 15.2. The fourth-order valence-electron chi connectivity index (χ4n) is 3.16. The van der Waals surface area contributed by atoms with Crippen LogP contribution in [0.4, 0.5) is 0 Å². The Balaban J connectivity index is 1.91. The summed E-state index contributed by atoms with van der Waals surface area (Å²) >= 11 is 0. The van der Waals surface area contributed by atoms with Gasteiger partial charge in [-0.15, -0.1) is 0 Å². The van der Waals surface area contributed by atoms with E-state index in [4.69, 9.17) is 9.47 Å². The van der Waals surface area contributed by atoms with Crippen molar-refractivity contribution in [3.8, 4) is 11.5 Å². The number of ether oxygens (including phenoxy) is 2. The van der Waals surface area contributed by atoms with Crippen molar-refractivity contribution in [1.82, 2.24) is 0 Å². The molecule has 1 aromatic rings. The largest absolute Gasteiger partial charge is 0.493 e. The van der Waals surface area contributed by atoms with Crippen molar-refractivity contribution >= 4 is 0 Å². The Hall–Kier alpha value is -1.26. The van der Waals surface area contributed by atoms with Crippen LogP contribution in [0.2, 0.25) is 0 Å². The summed E-state index contributed by atoms with van der Waals surface area (Å²) in [6, 6.07) is 7.07. The van der Waals surface area contributed by atoms with Gasteiger partial charge in [-0.3, -0.25) is 0 Å². The van der Waals surface area contributed by atoms with Gasteiger partial charge in [0.15, 0.2) is 11.5 Å². The van der Waals surface area contributed by atoms with E-state index < -0.39 is 0 Å². The lowest BCUT2D eigenvalue weighted by atomic mass is 10.1. The summed E-state index contributed by atoms with van der Waals surface area (Å²) in [5.74, 6) is 1.64. The van der Waals surface area contributed by atoms with Gasteiger partial charge in [-0.05, 0) is 31.5 Å². The molecule has 0 amide bonds. The number of piperazine rings is 1. The molecule has 1 atom stereocenters. The Bertz CT molecular complexity index is 442. The standard InChI is InChI=1S/C17H28N2O2/c1-5-14(2)19-10-8-18(9-11-19)13-15-6-7-16(20-3)17(12-15)21-4/h6-7,12,14H,5,8-11,13H2,1-4H3/p+2/t14-/m1/s1. The van der Waals surface area contributed by atoms with Crippen LogP contribution in [0.1, 0.15) is 25.8 Å². The highest BCUT2D eigenvalue weighted by molar-refractivity contribution is 5.42. The van der Waals surface area contributed by atoms with Gasteiger partial charge in [-0.2, -0.15) is 0 Å². The first-order valence-corrected chi connectivity index (χ1v) is 8.07. The first-order chi connectivity index (χ1) is 10.2. The molecule has 2 N–H and O–H groups in total. The molecule has 0 saturated carbocycles. The maximum Gasteiger partial charge on any atom is 0.161 e. The van der Waals surface area contributed by atoms with Gasteiger partial charge < -0.3 is 19.3 Å². The zero-order valence-electron chi connectivity index (χ0n) is 13.9. The molecule has 0 radical (unpaired) electrons. The van der Waals surface area contributed by atoms with E-state index >= 15 is 0 Å². The first-order valence-electron chi connectivity index (χ1n) is 8.07. The second kappa shape index (κ2) is 7.66. The maximum atomic E-state index is 5.39. The third-order valence-corrected chi connectivity index (χ3v) is 4.81. The van der Waals surface area contributed by atoms with Crippen molar-refractivity contribution in [1.29, 1.82) is 0 Å². The number of benzene rings is 1. The number of hydrogen-bond acceptors (Lipinski definition) is 2. The fourth-order valence-corrected chi connectivity index (χ4v) is 3.16. The molecule has 4 heteroatoms. The van der Waals surface area contributed by atoms with E-state index in [1.54, 1.807) is 24.0 Å². The quantitative estimate of drug-likeness (QED) is 0.759. The Kier molecular flexibility index (Phi) is 5.88. The summed E-state index contributed by atoms with van der Waals surface area (Å²) in [4.78, 5) is 3.45. The molecule has 4 nitrogen and oxygen atoms in total. The minimum Gasteiger partial charge on any atom is -0.493 e. The molecule has 0 aliphatic carbocycles. The van der Waals surface area contributed by atoms with Crippen LogP contribution in [0.15, 0.2) is 18.2 Å². The third-order valence-electron chi connectivity index (χ3n) is 4.81. The van der Waals surface area contributed by atoms with Crippen molar-refractivity contribution in [3.05, 3.63) is 23.8 Å². The molecule has 21 heavy (non-hydrogen) atoms. The Labute approximate surface area is 128 Å². The van der Waals surface area contributed by atoms with Gasteiger partial charge in [0.1, 0.15) is 32.7 Å². The smallest absolute Gasteiger partial charge is 0.161 e. The van der Waals surface area contributed by atoms with Crippen LogP contribution >= 0.6 is 0 Å². The lowest BCUT2D eigenvalue weighted by Crippen LogP contribution is -3.29. The molecule has 0 aromatic heterocycles. The lowest BCUT2D eigenvalue weighted by molar-refractivity contribution is -1.03. The predicted octanol–water partition coefficient (Wildman–Crippen LogP) is -0.214. The predicted molar refractivity (Wildman–Crippen MR) is 84.4 cm³/mol. The van der Waals surface area contributed by atoms with Crippen LogP contribution in [0, 0.1) is 0 Å². The third kappa shape index (κ3) is 4.11. The summed E-state index contributed by atoms with van der Waals surface area (Å²) in [5.41, 5.74) is 1.33. The normalized spacial score (nSPS) is 23.6. The van der Waals surface area contributed by atoms with E-state index in [9.17, 15) is 0 Å². The summed E-state index contributed by atoms with van der Waals surface area (Å²) in [5, 5.41) is 0. The molecule has 118 valence electrons. The monoisotopic (exact) mass is 294 g/mol. The second-order valence-electron chi connectivity index (χ2n) is 6.08. The minimum atomic E-state index is 0.799. The van der Waals surface area contributed by atoms with Crippen molar-refractivity contribution in [2.24, 2.45) is 0 Å². The van der Waals surface area contributed by atoms with Gasteiger partial charge in [0, 0.05) is 5.56 Å². The summed E-state index contributed by atoms with van der Waals surface area (Å²) in [6.45, 7) is 10.8. The van der Waals surface area contributed by atoms with E-state index in [1.807, 2.05) is 6.07 Å². The molecule has 0 unspecified atom stereocenters. The molecule has 2 rings (SSSR count). The number of methoxy groups -OCH3 is 2. The Morgan fingerprint density at radius 1 is 1.05 bits per heavy atom. The molecule has 0 bridgehead atoms. The van der Waals surface area contributed by atoms with Crippen LogP contribution in [-0.4, -0.2) is 46.4 Å². The van der Waals surface area contributed by atoms with Crippen LogP contribution in [0.5, 0.6) is 11.5 Å². The fraction of sp³-hybridized carbons (Fsp3) is 0.647. The molecule has 1 aliphatic heterocycles. The SMILES string of the molecule is CC[C@@H](C)[NH+]1CC[NH+](Cc2ccc(OC)c(OC)c2)CC1. The van der Waals surface area contributed by atoms with Crippen molar-refractivity contribution in [2.75, 3.05) is 40.4 Å². The molecule has 0 spiro atoms. The Morgan fingerprint density at radius 2 is 1.71 bits per heavy atom. The zero-order valence-corrected chi connectivity index (χ0v) is 13.9. The second-order valence-corrected chi connectivity index (χ2v) is 6.08. The molecule has 1 saturated heterocycles. The van der Waals surface area contributed by atoms with Gasteiger partial charge in [0.25, 0.3) is 0 Å². The van der Waals surface area contributed by atoms with E-state index in [1.165, 1.54) is 38.2 Å². The van der Waals surface area contributed by atoms with Crippen LogP contribution in [-0.2, 0) is 6.54 Å². The molecular weight excluding hydrogens is 264 g/mol. The Morgan fingerprint density at radius 3 is 2.29 bits per heavy atom. The van der Waals surface area contributed by atoms with E-state index in [0.717, 1.165) is 24.1 Å². The van der Waals surface area contributed by atoms with Gasteiger partial charge in [0.2, 0.25) is 0 Å². The van der Waals surface area contributed by atoms with E-state index in [-0.39, 0.29) is 0 Å². The van der Waals surface area contributed by atoms with Gasteiger partial charge in [-0.25, -0.2) is 0 Å². The first kappa shape index (κ1) is 16.1. The van der Waals surface area contributed by atoms with Crippen molar-refractivity contribution in [2.45, 2.75) is 32.9 Å². The lowest BCUT2D eigenvalue weighted by Gasteiger charge is -2.33. The van der Waals surface area contributed by atoms with Crippen LogP contribution in [0.3, 0.4) is 0 Å². The summed E-state index contributed by atoms with van der Waals surface area (Å²) in [7, 11) is 3.38. The highest BCUT2D eigenvalue weighted by Gasteiger charge is 2.26. The molecule has 1 fully saturated rings. The van der Waals surface area contributed by atoms with Crippen LogP contribution < -0.4 is 19.3 Å². The van der Waals surface area contributed by atoms with Crippen molar-refractivity contribution < 1.29 is 19.3 Å². The number of rotatable bonds is 6. The highest BCUT2D eigenvalue weighted by atomic mass is 16.5. The average molecular weight is 294 g/mol. The number of quaternary nitrogens is 2. The van der Waals surface area contributed by atoms with E-state index in [2.05, 4.69) is 26.0 Å². The van der Waals surface area contributed by atoms with Crippen LogP contribution in [0.25, 0.3) is 0 Å². The summed E-state index contributed by atoms with van der Waals surface area (Å²) in [6.07, 6.45) is 1.28. The molecular formula is C17H30N2O2+2. The molecule has 1 heterocycles. The van der Waals surface area contributed by atoms with Crippen molar-refractivity contribution in [3.63, 3.8) is 0 Å². The average Bonchev–Trinajstić information content (AvgIpc) is 2.54. The van der Waals surface area contributed by atoms with Gasteiger partial charge >= 0.3 is 0 Å². The van der Waals surface area contributed by atoms with E-state index in [0.29, 0.717) is 0 Å². The number of hydrogen-bond donors (Lipinski definition) is 2. The maximum absolute atomic E-state index is 5.39.